The third-order valence-electron chi connectivity index (χ3n) is 2.30. The van der Waals surface area contributed by atoms with E-state index in [9.17, 15) is 4.39 Å². The molecular weight excluding hydrogens is 306 g/mol. The Kier molecular flexibility index (Phi) is 4.25. The van der Waals surface area contributed by atoms with Crippen LogP contribution >= 0.6 is 23.2 Å². The number of ether oxygens (including phenoxy) is 1. The molecule has 1 aromatic carbocycles. The molecule has 1 heterocycles. The smallest absolute Gasteiger partial charge is 0.240 e. The van der Waals surface area contributed by atoms with Gasteiger partial charge in [0.25, 0.3) is 0 Å². The minimum atomic E-state index is -0.709. The average molecular weight is 313 g/mol. The Bertz CT molecular complexity index is 703. The summed E-state index contributed by atoms with van der Waals surface area (Å²) in [6.45, 7) is 0. The van der Waals surface area contributed by atoms with Crippen LogP contribution in [0.25, 0.3) is 0 Å². The third kappa shape index (κ3) is 2.91. The molecule has 0 amide bonds. The van der Waals surface area contributed by atoms with Crippen molar-refractivity contribution < 1.29 is 9.13 Å². The lowest BCUT2D eigenvalue weighted by molar-refractivity contribution is 0.428. The highest BCUT2D eigenvalue weighted by molar-refractivity contribution is 6.36. The summed E-state index contributed by atoms with van der Waals surface area (Å²) < 4.78 is 19.0. The summed E-state index contributed by atoms with van der Waals surface area (Å²) in [6, 6.07) is 6.93. The second-order valence-corrected chi connectivity index (χ2v) is 4.42. The maximum atomic E-state index is 13.7. The van der Waals surface area contributed by atoms with E-state index < -0.39 is 5.82 Å². The largest absolute Gasteiger partial charge is 0.434 e. The van der Waals surface area contributed by atoms with Gasteiger partial charge < -0.3 is 10.2 Å². The van der Waals surface area contributed by atoms with Crippen LogP contribution in [0.3, 0.4) is 0 Å². The molecule has 5 nitrogen and oxygen atoms in total. The van der Waals surface area contributed by atoms with Crippen molar-refractivity contribution in [2.45, 2.75) is 0 Å². The number of nitrogen functional groups attached to an aromatic ring is 1. The monoisotopic (exact) mass is 312 g/mol. The van der Waals surface area contributed by atoms with Crippen molar-refractivity contribution in [1.29, 1.82) is 5.26 Å². The van der Waals surface area contributed by atoms with Gasteiger partial charge in [-0.3, -0.25) is 0 Å². The highest BCUT2D eigenvalue weighted by atomic mass is 35.5. The number of benzene rings is 1. The summed E-state index contributed by atoms with van der Waals surface area (Å²) >= 11 is 11.7. The molecule has 8 heteroatoms. The summed E-state index contributed by atoms with van der Waals surface area (Å²) in [6.07, 6.45) is 0. The number of halogens is 3. The van der Waals surface area contributed by atoms with E-state index in [1.54, 1.807) is 0 Å². The van der Waals surface area contributed by atoms with E-state index in [0.29, 0.717) is 0 Å². The highest BCUT2D eigenvalue weighted by Crippen LogP contribution is 2.34. The fourth-order valence-electron chi connectivity index (χ4n) is 1.38. The Morgan fingerprint density at radius 2 is 2.05 bits per heavy atom. The molecule has 0 aliphatic carbocycles. The van der Waals surface area contributed by atoms with Crippen LogP contribution in [0.5, 0.6) is 11.6 Å². The number of anilines is 1. The minimum Gasteiger partial charge on any atom is -0.434 e. The van der Waals surface area contributed by atoms with E-state index in [2.05, 4.69) is 10.4 Å². The normalized spacial score (nSPS) is 9.95. The second-order valence-electron chi connectivity index (χ2n) is 3.61. The van der Waals surface area contributed by atoms with Gasteiger partial charge in [-0.1, -0.05) is 23.2 Å². The molecule has 1 aromatic heterocycles. The number of hydrogen-bond donors (Lipinski definition) is 2. The summed E-state index contributed by atoms with van der Waals surface area (Å²) in [7, 11) is 0. The Morgan fingerprint density at radius 3 is 2.65 bits per heavy atom. The molecule has 0 aliphatic heterocycles. The molecule has 0 atom stereocenters. The lowest BCUT2D eigenvalue weighted by Crippen LogP contribution is -2.09. The molecule has 3 N–H and O–H groups in total. The summed E-state index contributed by atoms with van der Waals surface area (Å²) in [5, 5.41) is 8.95. The van der Waals surface area contributed by atoms with Crippen LogP contribution in [0.15, 0.2) is 24.3 Å². The fourth-order valence-corrected chi connectivity index (χ4v) is 1.83. The van der Waals surface area contributed by atoms with Crippen LogP contribution in [0.2, 0.25) is 10.0 Å². The SMILES string of the molecule is N#Cc1ccc(Oc2nc(NN)c(Cl)cc2Cl)c(F)c1. The molecule has 0 aliphatic rings. The molecule has 0 fully saturated rings. The lowest BCUT2D eigenvalue weighted by Gasteiger charge is -2.10. The van der Waals surface area contributed by atoms with Gasteiger partial charge in [-0.05, 0) is 24.3 Å². The van der Waals surface area contributed by atoms with E-state index in [4.69, 9.17) is 39.0 Å². The Balaban J connectivity index is 2.37. The van der Waals surface area contributed by atoms with Crippen molar-refractivity contribution >= 4 is 29.0 Å². The van der Waals surface area contributed by atoms with Crippen molar-refractivity contribution in [3.63, 3.8) is 0 Å². The van der Waals surface area contributed by atoms with E-state index in [1.165, 1.54) is 18.2 Å². The maximum Gasteiger partial charge on any atom is 0.240 e. The summed E-state index contributed by atoms with van der Waals surface area (Å²) in [5.41, 5.74) is 2.44. The number of nitrogens with zero attached hydrogens (tertiary/aromatic N) is 2. The number of hydrogen-bond acceptors (Lipinski definition) is 5. The molecule has 0 unspecified atom stereocenters. The molecule has 0 bridgehead atoms. The number of aromatic nitrogens is 1. The zero-order valence-corrected chi connectivity index (χ0v) is 11.3. The topological polar surface area (TPSA) is 84.0 Å². The van der Waals surface area contributed by atoms with Crippen LogP contribution in [0.4, 0.5) is 10.2 Å². The first-order valence-electron chi connectivity index (χ1n) is 5.25. The van der Waals surface area contributed by atoms with Gasteiger partial charge >= 0.3 is 0 Å². The molecular formula is C12H7Cl2FN4O. The summed E-state index contributed by atoms with van der Waals surface area (Å²) in [5.74, 6) is 4.47. The number of rotatable bonds is 3. The first-order valence-corrected chi connectivity index (χ1v) is 6.01. The molecule has 0 saturated carbocycles. The molecule has 20 heavy (non-hydrogen) atoms. The maximum absolute atomic E-state index is 13.7. The fraction of sp³-hybridized carbons (Fsp3) is 0. The van der Waals surface area contributed by atoms with Gasteiger partial charge in [0.1, 0.15) is 5.02 Å². The predicted molar refractivity (Wildman–Crippen MR) is 73.3 cm³/mol. The van der Waals surface area contributed by atoms with E-state index in [0.717, 1.165) is 6.07 Å². The van der Waals surface area contributed by atoms with Gasteiger partial charge in [0.05, 0.1) is 16.7 Å². The number of nitriles is 1. The second kappa shape index (κ2) is 5.92. The van der Waals surface area contributed by atoms with Crippen LogP contribution in [0, 0.1) is 17.1 Å². The van der Waals surface area contributed by atoms with E-state index in [1.807, 2.05) is 6.07 Å². The standard InChI is InChI=1S/C12H7Cl2FN4O/c13-7-4-8(14)12(18-11(7)19-17)20-10-2-1-6(5-16)3-9(10)15/h1-4H,17H2,(H,18,19). The van der Waals surface area contributed by atoms with Crippen LogP contribution in [-0.4, -0.2) is 4.98 Å². The van der Waals surface area contributed by atoms with E-state index in [-0.39, 0.29) is 33.1 Å². The van der Waals surface area contributed by atoms with Crippen molar-refractivity contribution in [3.8, 4) is 17.7 Å². The number of hydrazine groups is 1. The molecule has 102 valence electrons. The number of nitrogens with two attached hydrogens (primary N) is 1. The zero-order chi connectivity index (χ0) is 14.7. The average Bonchev–Trinajstić information content (AvgIpc) is 2.43. The van der Waals surface area contributed by atoms with Crippen LogP contribution in [0.1, 0.15) is 5.56 Å². The van der Waals surface area contributed by atoms with Crippen LogP contribution < -0.4 is 16.0 Å². The zero-order valence-electron chi connectivity index (χ0n) is 9.82. The van der Waals surface area contributed by atoms with Crippen molar-refractivity contribution in [3.05, 3.63) is 45.7 Å². The predicted octanol–water partition coefficient (Wildman–Crippen LogP) is 3.48. The lowest BCUT2D eigenvalue weighted by atomic mass is 10.2. The van der Waals surface area contributed by atoms with Crippen molar-refractivity contribution in [2.24, 2.45) is 5.84 Å². The van der Waals surface area contributed by atoms with Gasteiger partial charge in [-0.25, -0.2) is 10.2 Å². The van der Waals surface area contributed by atoms with E-state index >= 15 is 0 Å². The molecule has 2 aromatic rings. The highest BCUT2D eigenvalue weighted by Gasteiger charge is 2.13. The van der Waals surface area contributed by atoms with Crippen molar-refractivity contribution in [2.75, 3.05) is 5.43 Å². The minimum absolute atomic E-state index is 0.0624. The Hall–Kier alpha value is -2.07. The van der Waals surface area contributed by atoms with Gasteiger partial charge in [0, 0.05) is 0 Å². The van der Waals surface area contributed by atoms with Crippen molar-refractivity contribution in [1.82, 2.24) is 4.98 Å². The quantitative estimate of drug-likeness (QED) is 0.669. The molecule has 2 rings (SSSR count). The van der Waals surface area contributed by atoms with Crippen LogP contribution in [-0.2, 0) is 0 Å². The molecule has 0 radical (unpaired) electrons. The Labute approximate surface area is 123 Å². The van der Waals surface area contributed by atoms with Gasteiger partial charge in [-0.2, -0.15) is 10.2 Å². The third-order valence-corrected chi connectivity index (χ3v) is 2.86. The first-order chi connectivity index (χ1) is 9.55. The summed E-state index contributed by atoms with van der Waals surface area (Å²) in [4.78, 5) is 3.92. The molecule has 0 saturated heterocycles. The number of pyridine rings is 1. The van der Waals surface area contributed by atoms with Gasteiger partial charge in [0.2, 0.25) is 5.88 Å². The molecule has 0 spiro atoms. The van der Waals surface area contributed by atoms with Gasteiger partial charge in [0.15, 0.2) is 17.4 Å². The first kappa shape index (κ1) is 14.3. The number of nitrogens with one attached hydrogen (secondary N) is 1. The Morgan fingerprint density at radius 1 is 1.30 bits per heavy atom. The van der Waals surface area contributed by atoms with Gasteiger partial charge in [-0.15, -0.1) is 0 Å².